The van der Waals surface area contributed by atoms with Gasteiger partial charge in [-0.15, -0.1) is 0 Å². The third-order valence-corrected chi connectivity index (χ3v) is 4.74. The lowest BCUT2D eigenvalue weighted by Crippen LogP contribution is -2.44. The van der Waals surface area contributed by atoms with Crippen LogP contribution in [0.4, 0.5) is 0 Å². The van der Waals surface area contributed by atoms with Crippen molar-refractivity contribution in [1.82, 2.24) is 14.5 Å². The Balaban J connectivity index is 1.97. The monoisotopic (exact) mass is 299 g/mol. The van der Waals surface area contributed by atoms with Crippen LogP contribution in [0.2, 0.25) is 5.15 Å². The zero-order valence-corrected chi connectivity index (χ0v) is 12.9. The quantitative estimate of drug-likeness (QED) is 0.908. The Labute approximate surface area is 124 Å². The van der Waals surface area contributed by atoms with Crippen LogP contribution in [-0.2, 0) is 18.4 Å². The number of aliphatic carboxylic acids is 1. The molecular weight excluding hydrogens is 278 g/mol. The number of carboxylic acid groups (broad SMARTS) is 1. The lowest BCUT2D eigenvalue weighted by atomic mass is 9.75. The third kappa shape index (κ3) is 2.99. The van der Waals surface area contributed by atoms with Crippen molar-refractivity contribution in [1.29, 1.82) is 0 Å². The van der Waals surface area contributed by atoms with Crippen molar-refractivity contribution in [3.8, 4) is 0 Å². The molecule has 20 heavy (non-hydrogen) atoms. The second-order valence-electron chi connectivity index (χ2n) is 5.67. The van der Waals surface area contributed by atoms with Crippen molar-refractivity contribution < 1.29 is 9.90 Å². The summed E-state index contributed by atoms with van der Waals surface area (Å²) in [6.07, 6.45) is 4.77. The fourth-order valence-corrected chi connectivity index (χ4v) is 3.11. The highest BCUT2D eigenvalue weighted by Gasteiger charge is 2.40. The Morgan fingerprint density at radius 2 is 2.15 bits per heavy atom. The van der Waals surface area contributed by atoms with Crippen molar-refractivity contribution >= 4 is 17.6 Å². The average molecular weight is 300 g/mol. The molecule has 5 nitrogen and oxygen atoms in total. The summed E-state index contributed by atoms with van der Waals surface area (Å²) in [6.45, 7) is 4.38. The van der Waals surface area contributed by atoms with E-state index in [9.17, 15) is 9.90 Å². The van der Waals surface area contributed by atoms with Gasteiger partial charge < -0.3 is 9.67 Å². The molecule has 2 heterocycles. The second kappa shape index (κ2) is 6.14. The molecule has 0 aromatic carbocycles. The van der Waals surface area contributed by atoms with E-state index in [1.807, 2.05) is 18.5 Å². The summed E-state index contributed by atoms with van der Waals surface area (Å²) in [5.41, 5.74) is -0.523. The normalized spacial score (nSPS) is 19.1. The lowest BCUT2D eigenvalue weighted by Gasteiger charge is -2.38. The molecule has 0 spiro atoms. The first-order valence-electron chi connectivity index (χ1n) is 7.10. The maximum Gasteiger partial charge on any atom is 0.309 e. The maximum absolute atomic E-state index is 11.5. The molecule has 112 valence electrons. The van der Waals surface area contributed by atoms with Gasteiger partial charge in [0, 0.05) is 7.05 Å². The van der Waals surface area contributed by atoms with Gasteiger partial charge in [0.1, 0.15) is 11.0 Å². The van der Waals surface area contributed by atoms with Crippen molar-refractivity contribution in [2.45, 2.75) is 39.2 Å². The van der Waals surface area contributed by atoms with Gasteiger partial charge in [-0.1, -0.05) is 24.9 Å². The van der Waals surface area contributed by atoms with E-state index in [0.29, 0.717) is 18.0 Å². The van der Waals surface area contributed by atoms with E-state index in [4.69, 9.17) is 11.6 Å². The number of carbonyl (C=O) groups is 1. The fraction of sp³-hybridized carbons (Fsp3) is 0.714. The maximum atomic E-state index is 11.5. The van der Waals surface area contributed by atoms with Crippen LogP contribution in [-0.4, -0.2) is 38.6 Å². The Bertz CT molecular complexity index is 479. The Morgan fingerprint density at radius 1 is 1.50 bits per heavy atom. The predicted octanol–water partition coefficient (Wildman–Crippen LogP) is 2.54. The SMILES string of the molecule is CCCC1(C(=O)O)CCN(Cc2ncc(Cl)n2C)CC1. The van der Waals surface area contributed by atoms with E-state index in [-0.39, 0.29) is 0 Å². The first kappa shape index (κ1) is 15.3. The molecule has 1 aromatic heterocycles. The van der Waals surface area contributed by atoms with Crippen LogP contribution in [0.3, 0.4) is 0 Å². The number of halogens is 1. The minimum Gasteiger partial charge on any atom is -0.481 e. The molecule has 2 rings (SSSR count). The molecule has 0 amide bonds. The van der Waals surface area contributed by atoms with Crippen molar-refractivity contribution in [3.05, 3.63) is 17.2 Å². The van der Waals surface area contributed by atoms with Crippen LogP contribution >= 0.6 is 11.6 Å². The summed E-state index contributed by atoms with van der Waals surface area (Å²) in [5, 5.41) is 10.1. The summed E-state index contributed by atoms with van der Waals surface area (Å²) in [5.74, 6) is 0.285. The molecule has 0 radical (unpaired) electrons. The zero-order chi connectivity index (χ0) is 14.8. The molecule has 1 saturated heterocycles. The molecule has 1 aliphatic heterocycles. The highest BCUT2D eigenvalue weighted by atomic mass is 35.5. The van der Waals surface area contributed by atoms with Gasteiger partial charge >= 0.3 is 5.97 Å². The molecule has 1 aromatic rings. The number of imidazole rings is 1. The Hall–Kier alpha value is -1.07. The van der Waals surface area contributed by atoms with Crippen LogP contribution < -0.4 is 0 Å². The van der Waals surface area contributed by atoms with Crippen LogP contribution in [0.5, 0.6) is 0 Å². The third-order valence-electron chi connectivity index (χ3n) is 4.39. The van der Waals surface area contributed by atoms with Gasteiger partial charge in [-0.3, -0.25) is 9.69 Å². The molecule has 1 N–H and O–H groups in total. The van der Waals surface area contributed by atoms with Gasteiger partial charge in [-0.2, -0.15) is 0 Å². The van der Waals surface area contributed by atoms with Crippen LogP contribution in [0.15, 0.2) is 6.20 Å². The smallest absolute Gasteiger partial charge is 0.309 e. The number of piperidine rings is 1. The molecule has 0 bridgehead atoms. The van der Waals surface area contributed by atoms with Gasteiger partial charge in [0.2, 0.25) is 0 Å². The first-order valence-corrected chi connectivity index (χ1v) is 7.48. The fourth-order valence-electron chi connectivity index (χ4n) is 2.96. The number of rotatable bonds is 5. The van der Waals surface area contributed by atoms with E-state index < -0.39 is 11.4 Å². The van der Waals surface area contributed by atoms with E-state index >= 15 is 0 Å². The lowest BCUT2D eigenvalue weighted by molar-refractivity contribution is -0.152. The van der Waals surface area contributed by atoms with E-state index in [1.165, 1.54) is 0 Å². The summed E-state index contributed by atoms with van der Waals surface area (Å²) in [4.78, 5) is 18.1. The molecule has 1 fully saturated rings. The summed E-state index contributed by atoms with van der Waals surface area (Å²) in [6, 6.07) is 0. The first-order chi connectivity index (χ1) is 9.48. The van der Waals surface area contributed by atoms with E-state index in [0.717, 1.165) is 38.3 Å². The number of hydrogen-bond acceptors (Lipinski definition) is 3. The van der Waals surface area contributed by atoms with Crippen molar-refractivity contribution in [3.63, 3.8) is 0 Å². The number of aromatic nitrogens is 2. The van der Waals surface area contributed by atoms with Crippen molar-refractivity contribution in [2.75, 3.05) is 13.1 Å². The van der Waals surface area contributed by atoms with Gasteiger partial charge in [-0.25, -0.2) is 4.98 Å². The molecule has 0 atom stereocenters. The van der Waals surface area contributed by atoms with E-state index in [2.05, 4.69) is 9.88 Å². The standard InChI is InChI=1S/C14H22ClN3O2/c1-3-4-14(13(19)20)5-7-18(8-6-14)10-12-16-9-11(15)17(12)2/h9H,3-8,10H2,1-2H3,(H,19,20). The van der Waals surface area contributed by atoms with Gasteiger partial charge in [0.15, 0.2) is 0 Å². The number of hydrogen-bond donors (Lipinski definition) is 1. The highest BCUT2D eigenvalue weighted by Crippen LogP contribution is 2.36. The molecular formula is C14H22ClN3O2. The number of nitrogens with zero attached hydrogens (tertiary/aromatic N) is 3. The molecule has 6 heteroatoms. The van der Waals surface area contributed by atoms with Crippen LogP contribution in [0.25, 0.3) is 0 Å². The Kier molecular flexibility index (Phi) is 4.70. The summed E-state index contributed by atoms with van der Waals surface area (Å²) < 4.78 is 1.87. The summed E-state index contributed by atoms with van der Waals surface area (Å²) in [7, 11) is 1.90. The zero-order valence-electron chi connectivity index (χ0n) is 12.1. The topological polar surface area (TPSA) is 58.4 Å². The number of likely N-dealkylation sites (tertiary alicyclic amines) is 1. The minimum absolute atomic E-state index is 0.523. The summed E-state index contributed by atoms with van der Waals surface area (Å²) >= 11 is 5.98. The van der Waals surface area contributed by atoms with Gasteiger partial charge in [0.25, 0.3) is 0 Å². The number of carboxylic acids is 1. The van der Waals surface area contributed by atoms with Gasteiger partial charge in [-0.05, 0) is 32.4 Å². The van der Waals surface area contributed by atoms with Gasteiger partial charge in [0.05, 0.1) is 18.2 Å². The van der Waals surface area contributed by atoms with Crippen LogP contribution in [0, 0.1) is 5.41 Å². The molecule has 0 aliphatic carbocycles. The largest absolute Gasteiger partial charge is 0.481 e. The van der Waals surface area contributed by atoms with E-state index in [1.54, 1.807) is 6.20 Å². The highest BCUT2D eigenvalue weighted by molar-refractivity contribution is 6.29. The molecule has 0 saturated carbocycles. The minimum atomic E-state index is -0.640. The molecule has 0 unspecified atom stereocenters. The van der Waals surface area contributed by atoms with Crippen molar-refractivity contribution in [2.24, 2.45) is 12.5 Å². The van der Waals surface area contributed by atoms with Crippen LogP contribution in [0.1, 0.15) is 38.4 Å². The Morgan fingerprint density at radius 3 is 2.60 bits per heavy atom. The second-order valence-corrected chi connectivity index (χ2v) is 6.06. The predicted molar refractivity (Wildman–Crippen MR) is 77.7 cm³/mol. The molecule has 1 aliphatic rings. The average Bonchev–Trinajstić information content (AvgIpc) is 2.73.